The average Bonchev–Trinajstić information content (AvgIpc) is 2.82. The molecule has 2 N–H and O–H groups in total. The molecule has 2 fully saturated rings. The molecule has 2 saturated heterocycles. The summed E-state index contributed by atoms with van der Waals surface area (Å²) < 4.78 is 4.71. The number of nitrogens with zero attached hydrogens (tertiary/aromatic N) is 1. The summed E-state index contributed by atoms with van der Waals surface area (Å²) >= 11 is 1.32. The van der Waals surface area contributed by atoms with E-state index < -0.39 is 33.8 Å². The van der Waals surface area contributed by atoms with E-state index in [2.05, 4.69) is 5.32 Å². The maximum Gasteiger partial charge on any atom is 0.327 e. The minimum atomic E-state index is -1.52. The van der Waals surface area contributed by atoms with Crippen LogP contribution in [0.5, 0.6) is 0 Å². The number of aliphatic carboxylic acids is 1. The normalized spacial score (nSPS) is 29.7. The summed E-state index contributed by atoms with van der Waals surface area (Å²) in [4.78, 5) is 38.0. The number of carbonyl (C=O) groups is 3. The lowest BCUT2D eigenvalue weighted by Gasteiger charge is -2.51. The van der Waals surface area contributed by atoms with Gasteiger partial charge in [0, 0.05) is 11.9 Å². The number of carboxylic acid groups (broad SMARTS) is 1. The summed E-state index contributed by atoms with van der Waals surface area (Å²) in [5.41, 5.74) is -0.699. The molecule has 0 aromatic heterocycles. The number of β-lactam (4-membered cyclic amide) rings is 1. The minimum Gasteiger partial charge on any atom is -0.480 e. The van der Waals surface area contributed by atoms with Gasteiger partial charge >= 0.3 is 5.97 Å². The first-order chi connectivity index (χ1) is 11.7. The Morgan fingerprint density at radius 2 is 1.96 bits per heavy atom. The lowest BCUT2D eigenvalue weighted by atomic mass is 9.93. The molecule has 1 aromatic rings. The third-order valence-corrected chi connectivity index (χ3v) is 6.21. The van der Waals surface area contributed by atoms with Crippen LogP contribution in [0.1, 0.15) is 19.4 Å². The van der Waals surface area contributed by atoms with Gasteiger partial charge in [0.05, 0.1) is 6.42 Å². The monoisotopic (exact) mass is 364 g/mol. The lowest BCUT2D eigenvalue weighted by Crippen LogP contribution is -2.80. The molecule has 2 heterocycles. The fourth-order valence-corrected chi connectivity index (χ4v) is 5.09. The number of carboxylic acids is 1. The van der Waals surface area contributed by atoms with Crippen molar-refractivity contribution in [2.45, 2.75) is 42.2 Å². The van der Waals surface area contributed by atoms with Crippen LogP contribution >= 0.6 is 11.8 Å². The van der Waals surface area contributed by atoms with E-state index in [0.29, 0.717) is 0 Å². The zero-order valence-electron chi connectivity index (χ0n) is 14.2. The van der Waals surface area contributed by atoms with Gasteiger partial charge in [0.25, 0.3) is 11.6 Å². The Hall–Kier alpha value is -2.06. The van der Waals surface area contributed by atoms with Gasteiger partial charge in [0.2, 0.25) is 5.91 Å². The highest BCUT2D eigenvalue weighted by Gasteiger charge is 2.73. The Morgan fingerprint density at radius 1 is 1.32 bits per heavy atom. The molecule has 8 heteroatoms. The first kappa shape index (κ1) is 17.8. The first-order valence-corrected chi connectivity index (χ1v) is 8.74. The molecule has 2 aliphatic heterocycles. The number of nitrogens with one attached hydrogen (secondary N) is 1. The van der Waals surface area contributed by atoms with Gasteiger partial charge < -0.3 is 20.1 Å². The molecular formula is C17H20N2O5S. The number of ether oxygens (including phenoxy) is 1. The van der Waals surface area contributed by atoms with Gasteiger partial charge in [0.1, 0.15) is 11.4 Å². The van der Waals surface area contributed by atoms with Gasteiger partial charge in [-0.2, -0.15) is 0 Å². The smallest absolute Gasteiger partial charge is 0.327 e. The standard InChI is InChI=1S/C17H20N2O5S/c1-16(2)12(13(21)22)19-14(23)17(24-3,15(19)25-16)18-11(20)9-10-7-5-4-6-8-10/h4-8,12,15H,9H2,1-3H3,(H,18,20)(H,21,22)/t12?,15?,17-/m1/s1. The molecule has 0 aliphatic carbocycles. The fraction of sp³-hybridized carbons (Fsp3) is 0.471. The average molecular weight is 364 g/mol. The van der Waals surface area contributed by atoms with E-state index in [-0.39, 0.29) is 12.3 Å². The Labute approximate surface area is 149 Å². The summed E-state index contributed by atoms with van der Waals surface area (Å²) in [5, 5.41) is 11.6. The van der Waals surface area contributed by atoms with E-state index in [4.69, 9.17) is 4.74 Å². The molecule has 0 saturated carbocycles. The van der Waals surface area contributed by atoms with E-state index in [1.165, 1.54) is 23.8 Å². The van der Waals surface area contributed by atoms with Crippen molar-refractivity contribution in [3.63, 3.8) is 0 Å². The van der Waals surface area contributed by atoms with Crippen LogP contribution in [0.3, 0.4) is 0 Å². The van der Waals surface area contributed by atoms with Crippen molar-refractivity contribution in [1.29, 1.82) is 0 Å². The zero-order valence-corrected chi connectivity index (χ0v) is 15.0. The SMILES string of the molecule is CO[C@]1(NC(=O)Cc2ccccc2)C(=O)N2C(C(=O)O)C(C)(C)SC21. The molecule has 0 bridgehead atoms. The van der Waals surface area contributed by atoms with Gasteiger partial charge in [0.15, 0.2) is 0 Å². The Morgan fingerprint density at radius 3 is 2.52 bits per heavy atom. The summed E-state index contributed by atoms with van der Waals surface area (Å²) in [6.07, 6.45) is 0.113. The Balaban J connectivity index is 1.80. The predicted octanol–water partition coefficient (Wildman–Crippen LogP) is 0.835. The molecule has 1 aromatic carbocycles. The van der Waals surface area contributed by atoms with Crippen LogP contribution in [0.4, 0.5) is 0 Å². The molecule has 134 valence electrons. The van der Waals surface area contributed by atoms with Gasteiger partial charge in [-0.05, 0) is 19.4 Å². The van der Waals surface area contributed by atoms with Crippen molar-refractivity contribution in [3.8, 4) is 0 Å². The maximum absolute atomic E-state index is 12.7. The highest BCUT2D eigenvalue weighted by atomic mass is 32.2. The van der Waals surface area contributed by atoms with Crippen LogP contribution in [0.25, 0.3) is 0 Å². The number of methoxy groups -OCH3 is 1. The van der Waals surface area contributed by atoms with E-state index in [1.807, 2.05) is 30.3 Å². The molecule has 0 spiro atoms. The van der Waals surface area contributed by atoms with Crippen molar-refractivity contribution in [2.75, 3.05) is 7.11 Å². The quantitative estimate of drug-likeness (QED) is 0.594. The molecule has 2 unspecified atom stereocenters. The van der Waals surface area contributed by atoms with Gasteiger partial charge in [-0.15, -0.1) is 11.8 Å². The second-order valence-corrected chi connectivity index (χ2v) is 8.41. The van der Waals surface area contributed by atoms with Gasteiger partial charge in [-0.3, -0.25) is 9.59 Å². The maximum atomic E-state index is 12.7. The van der Waals surface area contributed by atoms with Crippen LogP contribution in [-0.2, 0) is 25.5 Å². The summed E-state index contributed by atoms with van der Waals surface area (Å²) in [6.45, 7) is 3.54. The molecule has 25 heavy (non-hydrogen) atoms. The third-order valence-electron chi connectivity index (χ3n) is 4.59. The molecule has 2 amide bonds. The molecule has 3 atom stereocenters. The van der Waals surface area contributed by atoms with Gasteiger partial charge in [-0.1, -0.05) is 30.3 Å². The number of carbonyl (C=O) groups excluding carboxylic acids is 2. The van der Waals surface area contributed by atoms with Crippen LogP contribution in [-0.4, -0.2) is 56.8 Å². The number of hydrogen-bond acceptors (Lipinski definition) is 5. The Bertz CT molecular complexity index is 723. The highest BCUT2D eigenvalue weighted by Crippen LogP contribution is 2.55. The number of thioether (sulfide) groups is 1. The molecule has 2 aliphatic rings. The van der Waals surface area contributed by atoms with Crippen molar-refractivity contribution in [1.82, 2.24) is 10.2 Å². The summed E-state index contributed by atoms with van der Waals surface area (Å²) in [6, 6.07) is 8.21. The fourth-order valence-electron chi connectivity index (χ4n) is 3.42. The summed E-state index contributed by atoms with van der Waals surface area (Å²) in [5.74, 6) is -1.93. The Kier molecular flexibility index (Phi) is 4.28. The topological polar surface area (TPSA) is 95.9 Å². The second-order valence-electron chi connectivity index (χ2n) is 6.68. The molecular weight excluding hydrogens is 344 g/mol. The van der Waals surface area contributed by atoms with Gasteiger partial charge in [-0.25, -0.2) is 4.79 Å². The van der Waals surface area contributed by atoms with Crippen LogP contribution in [0.15, 0.2) is 30.3 Å². The second kappa shape index (κ2) is 6.03. The van der Waals surface area contributed by atoms with Crippen LogP contribution < -0.4 is 5.32 Å². The summed E-state index contributed by atoms with van der Waals surface area (Å²) in [7, 11) is 1.35. The van der Waals surface area contributed by atoms with Crippen LogP contribution in [0, 0.1) is 0 Å². The molecule has 0 radical (unpaired) electrons. The van der Waals surface area contributed by atoms with Crippen molar-refractivity contribution in [3.05, 3.63) is 35.9 Å². The minimum absolute atomic E-state index is 0.113. The van der Waals surface area contributed by atoms with Crippen molar-refractivity contribution in [2.24, 2.45) is 0 Å². The number of amides is 2. The highest BCUT2D eigenvalue weighted by molar-refractivity contribution is 8.01. The number of rotatable bonds is 5. The van der Waals surface area contributed by atoms with Crippen molar-refractivity contribution < 1.29 is 24.2 Å². The van der Waals surface area contributed by atoms with E-state index in [9.17, 15) is 19.5 Å². The largest absolute Gasteiger partial charge is 0.480 e. The van der Waals surface area contributed by atoms with E-state index in [1.54, 1.807) is 13.8 Å². The molecule has 7 nitrogen and oxygen atoms in total. The molecule has 3 rings (SSSR count). The van der Waals surface area contributed by atoms with E-state index >= 15 is 0 Å². The predicted molar refractivity (Wildman–Crippen MR) is 91.8 cm³/mol. The first-order valence-electron chi connectivity index (χ1n) is 7.86. The third kappa shape index (κ3) is 2.69. The van der Waals surface area contributed by atoms with Crippen LogP contribution in [0.2, 0.25) is 0 Å². The number of benzene rings is 1. The number of hydrogen-bond donors (Lipinski definition) is 2. The zero-order chi connectivity index (χ0) is 18.4. The van der Waals surface area contributed by atoms with E-state index in [0.717, 1.165) is 5.56 Å². The van der Waals surface area contributed by atoms with Crippen molar-refractivity contribution >= 4 is 29.5 Å². The number of fused-ring (bicyclic) bond motifs is 1. The lowest BCUT2D eigenvalue weighted by molar-refractivity contribution is -0.201.